The van der Waals surface area contributed by atoms with Crippen LogP contribution in [-0.4, -0.2) is 16.7 Å². The summed E-state index contributed by atoms with van der Waals surface area (Å²) in [4.78, 5) is 0. The molecule has 0 spiro atoms. The highest BCUT2D eigenvalue weighted by Gasteiger charge is 2.17. The molecule has 0 unspecified atom stereocenters. The van der Waals surface area contributed by atoms with Crippen LogP contribution in [0.25, 0.3) is 0 Å². The second-order valence-electron chi connectivity index (χ2n) is 4.77. The maximum atomic E-state index is 5.77. The largest absolute Gasteiger partial charge is 0.383 e. The summed E-state index contributed by atoms with van der Waals surface area (Å²) in [5.41, 5.74) is 0.971. The molecule has 0 bridgehead atoms. The number of halogens is 1. The number of anilines is 1. The zero-order valence-electron chi connectivity index (χ0n) is 9.62. The number of hydrogen-bond donors (Lipinski definition) is 1. The summed E-state index contributed by atoms with van der Waals surface area (Å²) in [5.74, 6) is 1.71. The summed E-state index contributed by atoms with van der Waals surface area (Å²) in [7, 11) is 0. The molecule has 1 fully saturated rings. The van der Waals surface area contributed by atoms with Gasteiger partial charge in [0.05, 0.1) is 11.9 Å². The van der Waals surface area contributed by atoms with Gasteiger partial charge in [-0.25, -0.2) is 0 Å². The first kappa shape index (κ1) is 11.6. The van der Waals surface area contributed by atoms with Crippen molar-refractivity contribution in [2.24, 2.45) is 11.8 Å². The van der Waals surface area contributed by atoms with Gasteiger partial charge < -0.3 is 5.32 Å². The molecule has 2 rings (SSSR count). The molecule has 1 N–H and O–H groups in total. The van der Waals surface area contributed by atoms with Gasteiger partial charge in [0, 0.05) is 12.6 Å². The summed E-state index contributed by atoms with van der Waals surface area (Å²) >= 11 is 5.77. The third-order valence-electron chi connectivity index (χ3n) is 3.35. The molecule has 3 nitrogen and oxygen atoms in total. The molecular formula is C12H18ClN3. The van der Waals surface area contributed by atoms with E-state index < -0.39 is 0 Å². The summed E-state index contributed by atoms with van der Waals surface area (Å²) < 4.78 is 0. The standard InChI is InChI=1S/C12H18ClN3/c1-9-2-4-10(5-3-9)7-14-11-6-12(13)16-15-8-11/h6,8-10H,2-5,7H2,1H3,(H,14,16). The van der Waals surface area contributed by atoms with E-state index in [2.05, 4.69) is 22.4 Å². The first-order chi connectivity index (χ1) is 7.74. The fourth-order valence-electron chi connectivity index (χ4n) is 2.23. The Balaban J connectivity index is 1.79. The van der Waals surface area contributed by atoms with E-state index in [1.165, 1.54) is 25.7 Å². The Bertz CT molecular complexity index is 335. The summed E-state index contributed by atoms with van der Waals surface area (Å²) in [6, 6.07) is 1.82. The van der Waals surface area contributed by atoms with Crippen molar-refractivity contribution in [3.8, 4) is 0 Å². The van der Waals surface area contributed by atoms with Gasteiger partial charge in [0.25, 0.3) is 0 Å². The second kappa shape index (κ2) is 5.48. The highest BCUT2D eigenvalue weighted by molar-refractivity contribution is 6.29. The van der Waals surface area contributed by atoms with Gasteiger partial charge >= 0.3 is 0 Å². The van der Waals surface area contributed by atoms with E-state index >= 15 is 0 Å². The smallest absolute Gasteiger partial charge is 0.153 e. The Morgan fingerprint density at radius 2 is 2.12 bits per heavy atom. The Hall–Kier alpha value is -0.830. The summed E-state index contributed by atoms with van der Waals surface area (Å²) in [6.45, 7) is 3.37. The zero-order valence-corrected chi connectivity index (χ0v) is 10.4. The SMILES string of the molecule is CC1CCC(CNc2cnnc(Cl)c2)CC1. The van der Waals surface area contributed by atoms with Crippen LogP contribution in [0.2, 0.25) is 5.15 Å². The van der Waals surface area contributed by atoms with E-state index in [0.717, 1.165) is 24.1 Å². The lowest BCUT2D eigenvalue weighted by Gasteiger charge is -2.26. The van der Waals surface area contributed by atoms with Gasteiger partial charge in [-0.1, -0.05) is 31.4 Å². The minimum atomic E-state index is 0.447. The lowest BCUT2D eigenvalue weighted by molar-refractivity contribution is 0.300. The molecule has 1 aromatic rings. The van der Waals surface area contributed by atoms with E-state index in [9.17, 15) is 0 Å². The topological polar surface area (TPSA) is 37.8 Å². The highest BCUT2D eigenvalue weighted by Crippen LogP contribution is 2.28. The summed E-state index contributed by atoms with van der Waals surface area (Å²) in [5, 5.41) is 11.4. The van der Waals surface area contributed by atoms with Gasteiger partial charge in [0.1, 0.15) is 0 Å². The predicted molar refractivity (Wildman–Crippen MR) is 66.7 cm³/mol. The molecule has 1 heterocycles. The summed E-state index contributed by atoms with van der Waals surface area (Å²) in [6.07, 6.45) is 7.11. The Morgan fingerprint density at radius 3 is 2.81 bits per heavy atom. The van der Waals surface area contributed by atoms with Crippen LogP contribution in [0.15, 0.2) is 12.3 Å². The number of aromatic nitrogens is 2. The monoisotopic (exact) mass is 239 g/mol. The van der Waals surface area contributed by atoms with Crippen LogP contribution in [0.5, 0.6) is 0 Å². The Morgan fingerprint density at radius 1 is 1.38 bits per heavy atom. The van der Waals surface area contributed by atoms with Gasteiger partial charge in [0.15, 0.2) is 5.15 Å². The zero-order chi connectivity index (χ0) is 11.4. The number of nitrogens with zero attached hydrogens (tertiary/aromatic N) is 2. The van der Waals surface area contributed by atoms with Crippen LogP contribution in [0.4, 0.5) is 5.69 Å². The van der Waals surface area contributed by atoms with Gasteiger partial charge in [-0.15, -0.1) is 5.10 Å². The molecule has 16 heavy (non-hydrogen) atoms. The Labute approximate surface area is 102 Å². The molecule has 88 valence electrons. The van der Waals surface area contributed by atoms with E-state index in [4.69, 9.17) is 11.6 Å². The van der Waals surface area contributed by atoms with Crippen molar-refractivity contribution in [3.63, 3.8) is 0 Å². The number of rotatable bonds is 3. The van der Waals surface area contributed by atoms with Crippen LogP contribution >= 0.6 is 11.6 Å². The Kier molecular flexibility index (Phi) is 3.99. The van der Waals surface area contributed by atoms with E-state index in [1.807, 2.05) is 6.07 Å². The van der Waals surface area contributed by atoms with Crippen molar-refractivity contribution in [2.75, 3.05) is 11.9 Å². The fraction of sp³-hybridized carbons (Fsp3) is 0.667. The molecule has 0 radical (unpaired) electrons. The molecule has 1 saturated carbocycles. The molecule has 4 heteroatoms. The van der Waals surface area contributed by atoms with Crippen molar-refractivity contribution in [2.45, 2.75) is 32.6 Å². The first-order valence-corrected chi connectivity index (χ1v) is 6.34. The van der Waals surface area contributed by atoms with Gasteiger partial charge in [-0.05, 0) is 24.7 Å². The van der Waals surface area contributed by atoms with Crippen LogP contribution in [0.1, 0.15) is 32.6 Å². The van der Waals surface area contributed by atoms with Crippen molar-refractivity contribution < 1.29 is 0 Å². The van der Waals surface area contributed by atoms with Crippen molar-refractivity contribution >= 4 is 17.3 Å². The average Bonchev–Trinajstić information content (AvgIpc) is 2.28. The van der Waals surface area contributed by atoms with Crippen LogP contribution < -0.4 is 5.32 Å². The lowest BCUT2D eigenvalue weighted by atomic mass is 9.83. The van der Waals surface area contributed by atoms with E-state index in [0.29, 0.717) is 5.15 Å². The first-order valence-electron chi connectivity index (χ1n) is 5.96. The van der Waals surface area contributed by atoms with Crippen molar-refractivity contribution in [1.82, 2.24) is 10.2 Å². The van der Waals surface area contributed by atoms with Crippen LogP contribution in [0, 0.1) is 11.8 Å². The highest BCUT2D eigenvalue weighted by atomic mass is 35.5. The fourth-order valence-corrected chi connectivity index (χ4v) is 2.39. The minimum absolute atomic E-state index is 0.447. The van der Waals surface area contributed by atoms with Gasteiger partial charge in [-0.2, -0.15) is 5.10 Å². The van der Waals surface area contributed by atoms with Gasteiger partial charge in [-0.3, -0.25) is 0 Å². The molecule has 0 atom stereocenters. The van der Waals surface area contributed by atoms with E-state index in [1.54, 1.807) is 6.20 Å². The third-order valence-corrected chi connectivity index (χ3v) is 3.54. The van der Waals surface area contributed by atoms with Crippen LogP contribution in [0.3, 0.4) is 0 Å². The maximum absolute atomic E-state index is 5.77. The lowest BCUT2D eigenvalue weighted by Crippen LogP contribution is -2.20. The molecular weight excluding hydrogens is 222 g/mol. The third kappa shape index (κ3) is 3.34. The maximum Gasteiger partial charge on any atom is 0.153 e. The van der Waals surface area contributed by atoms with E-state index in [-0.39, 0.29) is 0 Å². The predicted octanol–water partition coefficient (Wildman–Crippen LogP) is 3.37. The second-order valence-corrected chi connectivity index (χ2v) is 5.16. The molecule has 1 aliphatic carbocycles. The van der Waals surface area contributed by atoms with Crippen molar-refractivity contribution in [3.05, 3.63) is 17.4 Å². The van der Waals surface area contributed by atoms with Crippen molar-refractivity contribution in [1.29, 1.82) is 0 Å². The number of hydrogen-bond acceptors (Lipinski definition) is 3. The minimum Gasteiger partial charge on any atom is -0.383 e. The average molecular weight is 240 g/mol. The molecule has 1 aliphatic rings. The molecule has 0 aromatic carbocycles. The van der Waals surface area contributed by atoms with Gasteiger partial charge in [0.2, 0.25) is 0 Å². The normalized spacial score (nSPS) is 25.4. The molecule has 1 aromatic heterocycles. The molecule has 0 saturated heterocycles. The quantitative estimate of drug-likeness (QED) is 0.879. The molecule has 0 aliphatic heterocycles. The van der Waals surface area contributed by atoms with Crippen LogP contribution in [-0.2, 0) is 0 Å². The number of nitrogens with one attached hydrogen (secondary N) is 1. The molecule has 0 amide bonds.